The van der Waals surface area contributed by atoms with E-state index in [0.717, 1.165) is 22.8 Å². The SMILES string of the molecule is COc1cc(NC(=S)Nc2c(C)nn(Cc3ccc(C)cc3)c2C)cc(OC)c1. The molecule has 1 heterocycles. The van der Waals surface area contributed by atoms with Crippen molar-refractivity contribution in [1.29, 1.82) is 0 Å². The Morgan fingerprint density at radius 1 is 0.966 bits per heavy atom. The van der Waals surface area contributed by atoms with Crippen LogP contribution in [-0.4, -0.2) is 29.1 Å². The first-order valence-electron chi connectivity index (χ1n) is 9.30. The van der Waals surface area contributed by atoms with Crippen LogP contribution in [0.3, 0.4) is 0 Å². The first-order chi connectivity index (χ1) is 13.9. The van der Waals surface area contributed by atoms with Crippen LogP contribution in [0.15, 0.2) is 42.5 Å². The Bertz CT molecular complexity index is 990. The Morgan fingerprint density at radius 3 is 2.17 bits per heavy atom. The van der Waals surface area contributed by atoms with E-state index in [0.29, 0.717) is 23.2 Å². The third kappa shape index (κ3) is 5.06. The van der Waals surface area contributed by atoms with Crippen LogP contribution in [0.5, 0.6) is 11.5 Å². The molecule has 2 N–H and O–H groups in total. The van der Waals surface area contributed by atoms with E-state index < -0.39 is 0 Å². The van der Waals surface area contributed by atoms with Gasteiger partial charge in [0.1, 0.15) is 11.5 Å². The van der Waals surface area contributed by atoms with Crippen LogP contribution in [0.4, 0.5) is 11.4 Å². The third-order valence-corrected chi connectivity index (χ3v) is 4.89. The van der Waals surface area contributed by atoms with Crippen LogP contribution in [0.2, 0.25) is 0 Å². The van der Waals surface area contributed by atoms with Gasteiger partial charge in [-0.15, -0.1) is 0 Å². The van der Waals surface area contributed by atoms with Crippen molar-refractivity contribution in [3.05, 3.63) is 65.0 Å². The zero-order valence-corrected chi connectivity index (χ0v) is 18.2. The lowest BCUT2D eigenvalue weighted by Crippen LogP contribution is -2.20. The number of nitrogens with zero attached hydrogens (tertiary/aromatic N) is 2. The maximum atomic E-state index is 5.51. The fourth-order valence-electron chi connectivity index (χ4n) is 3.05. The molecule has 0 fully saturated rings. The van der Waals surface area contributed by atoms with Gasteiger partial charge in [0.25, 0.3) is 0 Å². The lowest BCUT2D eigenvalue weighted by Gasteiger charge is -2.13. The van der Waals surface area contributed by atoms with Gasteiger partial charge in [-0.25, -0.2) is 0 Å². The highest BCUT2D eigenvalue weighted by Crippen LogP contribution is 2.26. The average molecular weight is 411 g/mol. The van der Waals surface area contributed by atoms with Crippen molar-refractivity contribution in [2.45, 2.75) is 27.3 Å². The smallest absolute Gasteiger partial charge is 0.175 e. The Kier molecular flexibility index (Phi) is 6.39. The van der Waals surface area contributed by atoms with E-state index in [1.807, 2.05) is 36.7 Å². The largest absolute Gasteiger partial charge is 0.497 e. The van der Waals surface area contributed by atoms with Gasteiger partial charge < -0.3 is 20.1 Å². The highest BCUT2D eigenvalue weighted by atomic mass is 32.1. The van der Waals surface area contributed by atoms with Crippen molar-refractivity contribution >= 4 is 28.7 Å². The maximum Gasteiger partial charge on any atom is 0.175 e. The van der Waals surface area contributed by atoms with Crippen molar-refractivity contribution in [1.82, 2.24) is 9.78 Å². The van der Waals surface area contributed by atoms with Gasteiger partial charge in [0, 0.05) is 23.9 Å². The molecule has 6 nitrogen and oxygen atoms in total. The number of ether oxygens (including phenoxy) is 2. The molecule has 0 saturated carbocycles. The van der Waals surface area contributed by atoms with Crippen molar-refractivity contribution in [3.8, 4) is 11.5 Å². The number of benzene rings is 2. The highest BCUT2D eigenvalue weighted by molar-refractivity contribution is 7.80. The number of hydrogen-bond acceptors (Lipinski definition) is 4. The van der Waals surface area contributed by atoms with E-state index in [1.54, 1.807) is 14.2 Å². The third-order valence-electron chi connectivity index (χ3n) is 4.68. The summed E-state index contributed by atoms with van der Waals surface area (Å²) in [6.07, 6.45) is 0. The van der Waals surface area contributed by atoms with Gasteiger partial charge in [0.15, 0.2) is 5.11 Å². The van der Waals surface area contributed by atoms with E-state index in [9.17, 15) is 0 Å². The lowest BCUT2D eigenvalue weighted by molar-refractivity contribution is 0.395. The Morgan fingerprint density at radius 2 is 1.59 bits per heavy atom. The van der Waals surface area contributed by atoms with Crippen LogP contribution in [0.25, 0.3) is 0 Å². The Labute approximate surface area is 176 Å². The number of methoxy groups -OCH3 is 2. The normalized spacial score (nSPS) is 10.5. The zero-order chi connectivity index (χ0) is 21.0. The van der Waals surface area contributed by atoms with Crippen LogP contribution < -0.4 is 20.1 Å². The number of hydrogen-bond donors (Lipinski definition) is 2. The van der Waals surface area contributed by atoms with Gasteiger partial charge in [0.05, 0.1) is 37.8 Å². The summed E-state index contributed by atoms with van der Waals surface area (Å²) < 4.78 is 12.6. The van der Waals surface area contributed by atoms with E-state index in [4.69, 9.17) is 21.7 Å². The van der Waals surface area contributed by atoms with Gasteiger partial charge >= 0.3 is 0 Å². The molecule has 0 spiro atoms. The molecule has 1 aromatic heterocycles. The van der Waals surface area contributed by atoms with Crippen LogP contribution in [0, 0.1) is 20.8 Å². The first kappa shape index (κ1) is 20.7. The van der Waals surface area contributed by atoms with Crippen molar-refractivity contribution < 1.29 is 9.47 Å². The molecule has 0 aliphatic carbocycles. The molecule has 0 amide bonds. The monoisotopic (exact) mass is 410 g/mol. The molecule has 0 atom stereocenters. The Balaban J connectivity index is 1.74. The molecular formula is C22H26N4O2S. The van der Waals surface area contributed by atoms with Gasteiger partial charge in [-0.05, 0) is 38.6 Å². The fraction of sp³-hybridized carbons (Fsp3) is 0.273. The summed E-state index contributed by atoms with van der Waals surface area (Å²) in [4.78, 5) is 0. The van der Waals surface area contributed by atoms with Crippen LogP contribution >= 0.6 is 12.2 Å². The molecule has 3 rings (SSSR count). The minimum atomic E-state index is 0.474. The number of rotatable bonds is 6. The predicted octanol–water partition coefficient (Wildman–Crippen LogP) is 4.68. The molecular weight excluding hydrogens is 384 g/mol. The standard InChI is InChI=1S/C22H26N4O2S/c1-14-6-8-17(9-7-14)13-26-16(3)21(15(2)25-26)24-22(29)23-18-10-19(27-4)12-20(11-18)28-5/h6-12H,13H2,1-5H3,(H2,23,24,29). The molecule has 3 aromatic rings. The van der Waals surface area contributed by atoms with E-state index in [1.165, 1.54) is 11.1 Å². The quantitative estimate of drug-likeness (QED) is 0.575. The molecule has 0 aliphatic rings. The lowest BCUT2D eigenvalue weighted by atomic mass is 10.1. The second-order valence-corrected chi connectivity index (χ2v) is 7.28. The molecule has 2 aromatic carbocycles. The number of thiocarbonyl (C=S) groups is 1. The fourth-order valence-corrected chi connectivity index (χ4v) is 3.27. The number of aryl methyl sites for hydroxylation is 2. The molecule has 0 bridgehead atoms. The molecule has 0 radical (unpaired) electrons. The number of aromatic nitrogens is 2. The molecule has 0 unspecified atom stereocenters. The van der Waals surface area contributed by atoms with Crippen LogP contribution in [0.1, 0.15) is 22.5 Å². The predicted molar refractivity (Wildman–Crippen MR) is 121 cm³/mol. The van der Waals surface area contributed by atoms with Gasteiger partial charge in [-0.2, -0.15) is 5.10 Å². The minimum Gasteiger partial charge on any atom is -0.497 e. The highest BCUT2D eigenvalue weighted by Gasteiger charge is 2.13. The molecule has 152 valence electrons. The molecule has 0 saturated heterocycles. The minimum absolute atomic E-state index is 0.474. The topological polar surface area (TPSA) is 60.3 Å². The maximum absolute atomic E-state index is 5.51. The zero-order valence-electron chi connectivity index (χ0n) is 17.4. The van der Waals surface area contributed by atoms with Gasteiger partial charge in [-0.3, -0.25) is 4.68 Å². The summed E-state index contributed by atoms with van der Waals surface area (Å²) in [6, 6.07) is 14.0. The average Bonchev–Trinajstić information content (AvgIpc) is 2.96. The Hall–Kier alpha value is -3.06. The van der Waals surface area contributed by atoms with E-state index in [-0.39, 0.29) is 0 Å². The number of nitrogens with one attached hydrogen (secondary N) is 2. The van der Waals surface area contributed by atoms with Crippen molar-refractivity contribution in [2.75, 3.05) is 24.9 Å². The van der Waals surface area contributed by atoms with Crippen molar-refractivity contribution in [3.63, 3.8) is 0 Å². The summed E-state index contributed by atoms with van der Waals surface area (Å²) in [5, 5.41) is 11.6. The second kappa shape index (κ2) is 8.96. The molecule has 7 heteroatoms. The van der Waals surface area contributed by atoms with E-state index in [2.05, 4.69) is 46.9 Å². The summed E-state index contributed by atoms with van der Waals surface area (Å²) >= 11 is 5.51. The summed E-state index contributed by atoms with van der Waals surface area (Å²) in [5.41, 5.74) is 6.05. The van der Waals surface area contributed by atoms with E-state index >= 15 is 0 Å². The molecule has 0 aliphatic heterocycles. The van der Waals surface area contributed by atoms with Crippen LogP contribution in [-0.2, 0) is 6.54 Å². The van der Waals surface area contributed by atoms with Gasteiger partial charge in [-0.1, -0.05) is 29.8 Å². The molecule has 29 heavy (non-hydrogen) atoms. The summed E-state index contributed by atoms with van der Waals surface area (Å²) in [5.74, 6) is 1.38. The van der Waals surface area contributed by atoms with Crippen molar-refractivity contribution in [2.24, 2.45) is 0 Å². The van der Waals surface area contributed by atoms with Gasteiger partial charge in [0.2, 0.25) is 0 Å². The second-order valence-electron chi connectivity index (χ2n) is 6.87. The summed E-state index contributed by atoms with van der Waals surface area (Å²) in [6.45, 7) is 6.80. The first-order valence-corrected chi connectivity index (χ1v) is 9.71. The number of anilines is 2. The summed E-state index contributed by atoms with van der Waals surface area (Å²) in [7, 11) is 3.23.